The first-order valence-corrected chi connectivity index (χ1v) is 4.52. The molecule has 1 atom stereocenters. The fourth-order valence-corrected chi connectivity index (χ4v) is 0.804. The van der Waals surface area contributed by atoms with Crippen LogP contribution in [0.2, 0.25) is 0 Å². The van der Waals surface area contributed by atoms with Gasteiger partial charge in [0.1, 0.15) is 11.8 Å². The highest BCUT2D eigenvalue weighted by molar-refractivity contribution is 5.67. The lowest BCUT2D eigenvalue weighted by molar-refractivity contribution is 0.0247. The van der Waals surface area contributed by atoms with Crippen molar-refractivity contribution in [3.05, 3.63) is 12.7 Å². The molecule has 0 aromatic heterocycles. The van der Waals surface area contributed by atoms with Gasteiger partial charge < -0.3 is 9.47 Å². The van der Waals surface area contributed by atoms with E-state index in [9.17, 15) is 4.79 Å². The minimum absolute atomic E-state index is 0.373. The third kappa shape index (κ3) is 6.48. The second-order valence-corrected chi connectivity index (χ2v) is 3.89. The highest BCUT2D eigenvalue weighted by Crippen LogP contribution is 2.07. The van der Waals surface area contributed by atoms with E-state index in [0.29, 0.717) is 6.42 Å². The highest BCUT2D eigenvalue weighted by Gasteiger charge is 2.18. The van der Waals surface area contributed by atoms with E-state index in [2.05, 4.69) is 11.9 Å². The van der Waals surface area contributed by atoms with Crippen LogP contribution in [-0.2, 0) is 9.47 Å². The number of amides is 1. The van der Waals surface area contributed by atoms with Crippen LogP contribution in [0, 0.1) is 0 Å². The number of hydrogen-bond donors (Lipinski definition) is 1. The van der Waals surface area contributed by atoms with Crippen molar-refractivity contribution in [2.24, 2.45) is 0 Å². The molecule has 0 bridgehead atoms. The number of carbonyl (C=O) groups excluding carboxylic acids is 1. The zero-order valence-corrected chi connectivity index (χ0v) is 9.29. The zero-order chi connectivity index (χ0) is 11.2. The average molecular weight is 201 g/mol. The lowest BCUT2D eigenvalue weighted by Gasteiger charge is -2.22. The third-order valence-corrected chi connectivity index (χ3v) is 1.34. The van der Waals surface area contributed by atoms with Gasteiger partial charge in [0, 0.05) is 13.5 Å². The monoisotopic (exact) mass is 201 g/mol. The van der Waals surface area contributed by atoms with Crippen molar-refractivity contribution in [3.8, 4) is 0 Å². The Balaban J connectivity index is 3.96. The van der Waals surface area contributed by atoms with Crippen molar-refractivity contribution in [2.45, 2.75) is 39.0 Å². The zero-order valence-electron chi connectivity index (χ0n) is 9.29. The number of nitrogens with one attached hydrogen (secondary N) is 1. The van der Waals surface area contributed by atoms with Gasteiger partial charge in [-0.05, 0) is 20.8 Å². The predicted molar refractivity (Wildman–Crippen MR) is 55.0 cm³/mol. The molecule has 0 fully saturated rings. The standard InChI is InChI=1S/C10H19NO3/c1-6-7-8(13-5)11-9(12)14-10(2,3)4/h6,8H,1,7H2,2-5H3,(H,11,12). The summed E-state index contributed by atoms with van der Waals surface area (Å²) in [5, 5.41) is 2.57. The molecule has 1 N–H and O–H groups in total. The van der Waals surface area contributed by atoms with Crippen LogP contribution in [0.25, 0.3) is 0 Å². The summed E-state index contributed by atoms with van der Waals surface area (Å²) < 4.78 is 10.0. The molecule has 4 nitrogen and oxygen atoms in total. The Morgan fingerprint density at radius 1 is 1.57 bits per heavy atom. The van der Waals surface area contributed by atoms with Crippen molar-refractivity contribution >= 4 is 6.09 Å². The molecule has 0 aliphatic heterocycles. The Morgan fingerprint density at radius 3 is 2.50 bits per heavy atom. The lowest BCUT2D eigenvalue weighted by Crippen LogP contribution is -2.39. The summed E-state index contributed by atoms with van der Waals surface area (Å²) >= 11 is 0. The van der Waals surface area contributed by atoms with E-state index >= 15 is 0 Å². The molecule has 4 heteroatoms. The van der Waals surface area contributed by atoms with Gasteiger partial charge in [0.25, 0.3) is 0 Å². The number of alkyl carbamates (subject to hydrolysis) is 1. The van der Waals surface area contributed by atoms with Crippen LogP contribution in [-0.4, -0.2) is 25.0 Å². The van der Waals surface area contributed by atoms with Crippen LogP contribution in [0.4, 0.5) is 4.79 Å². The van der Waals surface area contributed by atoms with E-state index in [1.54, 1.807) is 6.08 Å². The highest BCUT2D eigenvalue weighted by atomic mass is 16.6. The maximum absolute atomic E-state index is 11.3. The van der Waals surface area contributed by atoms with Gasteiger partial charge in [-0.25, -0.2) is 4.79 Å². The molecule has 0 spiro atoms. The summed E-state index contributed by atoms with van der Waals surface area (Å²) in [5.74, 6) is 0. The molecule has 1 unspecified atom stereocenters. The molecule has 0 aliphatic rings. The lowest BCUT2D eigenvalue weighted by atomic mass is 10.2. The summed E-state index contributed by atoms with van der Waals surface area (Å²) in [5.41, 5.74) is -0.490. The molecule has 1 amide bonds. The SMILES string of the molecule is C=CCC(NC(=O)OC(C)(C)C)OC. The van der Waals surface area contributed by atoms with Crippen molar-refractivity contribution in [3.63, 3.8) is 0 Å². The fraction of sp³-hybridized carbons (Fsp3) is 0.700. The normalized spacial score (nSPS) is 13.1. The van der Waals surface area contributed by atoms with E-state index in [-0.39, 0.29) is 6.23 Å². The number of ether oxygens (including phenoxy) is 2. The van der Waals surface area contributed by atoms with Crippen LogP contribution in [0.15, 0.2) is 12.7 Å². The van der Waals surface area contributed by atoms with Gasteiger partial charge in [-0.2, -0.15) is 0 Å². The van der Waals surface area contributed by atoms with E-state index < -0.39 is 11.7 Å². The van der Waals surface area contributed by atoms with Crippen LogP contribution in [0.1, 0.15) is 27.2 Å². The van der Waals surface area contributed by atoms with Crippen molar-refractivity contribution in [1.82, 2.24) is 5.32 Å². The molecule has 0 saturated heterocycles. The summed E-state index contributed by atoms with van der Waals surface area (Å²) in [7, 11) is 1.52. The Hall–Kier alpha value is -1.03. The van der Waals surface area contributed by atoms with Gasteiger partial charge in [-0.15, -0.1) is 6.58 Å². The molecule has 0 radical (unpaired) electrons. The molecule has 14 heavy (non-hydrogen) atoms. The Kier molecular flexibility index (Phi) is 5.23. The van der Waals surface area contributed by atoms with Gasteiger partial charge in [0.05, 0.1) is 0 Å². The van der Waals surface area contributed by atoms with Crippen LogP contribution in [0.5, 0.6) is 0 Å². The summed E-state index contributed by atoms with van der Waals surface area (Å²) in [6.45, 7) is 8.98. The van der Waals surface area contributed by atoms with Gasteiger partial charge in [0.15, 0.2) is 0 Å². The van der Waals surface area contributed by atoms with E-state index in [0.717, 1.165) is 0 Å². The fourth-order valence-electron chi connectivity index (χ4n) is 0.804. The molecular formula is C10H19NO3. The molecular weight excluding hydrogens is 182 g/mol. The van der Waals surface area contributed by atoms with Crippen molar-refractivity contribution in [1.29, 1.82) is 0 Å². The average Bonchev–Trinajstić information content (AvgIpc) is 2.00. The van der Waals surface area contributed by atoms with Gasteiger partial charge in [0.2, 0.25) is 0 Å². The van der Waals surface area contributed by atoms with Gasteiger partial charge in [-0.1, -0.05) is 6.08 Å². The summed E-state index contributed by atoms with van der Waals surface area (Å²) in [4.78, 5) is 11.3. The molecule has 0 aromatic carbocycles. The molecule has 0 aromatic rings. The van der Waals surface area contributed by atoms with Crippen LogP contribution in [0.3, 0.4) is 0 Å². The first kappa shape index (κ1) is 13.0. The third-order valence-electron chi connectivity index (χ3n) is 1.34. The quantitative estimate of drug-likeness (QED) is 0.559. The predicted octanol–water partition coefficient (Wildman–Crippen LogP) is 2.06. The smallest absolute Gasteiger partial charge is 0.409 e. The second-order valence-electron chi connectivity index (χ2n) is 3.89. The first-order chi connectivity index (χ1) is 6.39. The second kappa shape index (κ2) is 5.65. The number of carbonyl (C=O) groups is 1. The maximum atomic E-state index is 11.3. The van der Waals surface area contributed by atoms with Gasteiger partial charge >= 0.3 is 6.09 Å². The minimum atomic E-state index is -0.490. The number of methoxy groups -OCH3 is 1. The summed E-state index contributed by atoms with van der Waals surface area (Å²) in [6.07, 6.45) is 1.37. The molecule has 0 saturated carbocycles. The Morgan fingerprint density at radius 2 is 2.14 bits per heavy atom. The van der Waals surface area contributed by atoms with E-state index in [4.69, 9.17) is 9.47 Å². The Bertz CT molecular complexity index is 196. The van der Waals surface area contributed by atoms with E-state index in [1.807, 2.05) is 20.8 Å². The minimum Gasteiger partial charge on any atom is -0.444 e. The van der Waals surface area contributed by atoms with E-state index in [1.165, 1.54) is 7.11 Å². The Labute approximate surface area is 85.3 Å². The number of rotatable bonds is 4. The molecule has 0 heterocycles. The maximum Gasteiger partial charge on any atom is 0.409 e. The van der Waals surface area contributed by atoms with Crippen molar-refractivity contribution in [2.75, 3.05) is 7.11 Å². The first-order valence-electron chi connectivity index (χ1n) is 4.52. The van der Waals surface area contributed by atoms with Crippen molar-refractivity contribution < 1.29 is 14.3 Å². The van der Waals surface area contributed by atoms with Gasteiger partial charge in [-0.3, -0.25) is 5.32 Å². The summed E-state index contributed by atoms with van der Waals surface area (Å²) in [6, 6.07) is 0. The largest absolute Gasteiger partial charge is 0.444 e. The molecule has 0 rings (SSSR count). The topological polar surface area (TPSA) is 47.6 Å². The number of hydrogen-bond acceptors (Lipinski definition) is 3. The van der Waals surface area contributed by atoms with Crippen LogP contribution >= 0.6 is 0 Å². The molecule has 0 aliphatic carbocycles. The van der Waals surface area contributed by atoms with Crippen LogP contribution < -0.4 is 5.32 Å². The molecule has 82 valence electrons.